The summed E-state index contributed by atoms with van der Waals surface area (Å²) in [4.78, 5) is 0. The fraction of sp³-hybridized carbons (Fsp3) is 0.455. The molecule has 88 valence electrons. The Kier molecular flexibility index (Phi) is 2.66. The quantitative estimate of drug-likeness (QED) is 0.857. The molecule has 1 aromatic carbocycles. The normalized spacial score (nSPS) is 28.1. The van der Waals surface area contributed by atoms with E-state index in [1.165, 1.54) is 6.07 Å². The molecule has 1 N–H and O–H groups in total. The number of phenols is 1. The van der Waals surface area contributed by atoms with Crippen molar-refractivity contribution in [1.29, 1.82) is 0 Å². The van der Waals surface area contributed by atoms with E-state index in [4.69, 9.17) is 0 Å². The fourth-order valence-corrected chi connectivity index (χ4v) is 3.87. The van der Waals surface area contributed by atoms with Crippen molar-refractivity contribution >= 4 is 9.84 Å². The number of alkyl halides is 1. The largest absolute Gasteiger partial charge is 0.508 e. The topological polar surface area (TPSA) is 54.4 Å². The Morgan fingerprint density at radius 2 is 2.06 bits per heavy atom. The molecule has 1 fully saturated rings. The Morgan fingerprint density at radius 3 is 2.62 bits per heavy atom. The smallest absolute Gasteiger partial charge is 0.153 e. The predicted octanol–water partition coefficient (Wildman–Crippen LogP) is 1.46. The number of sulfone groups is 1. The predicted molar refractivity (Wildman–Crippen MR) is 58.9 cm³/mol. The molecule has 0 radical (unpaired) electrons. The lowest BCUT2D eigenvalue weighted by molar-refractivity contribution is 0.197. The zero-order valence-electron chi connectivity index (χ0n) is 8.69. The Balaban J connectivity index is 2.20. The van der Waals surface area contributed by atoms with Gasteiger partial charge in [0.1, 0.15) is 11.4 Å². The van der Waals surface area contributed by atoms with E-state index in [-0.39, 0.29) is 24.3 Å². The first kappa shape index (κ1) is 11.4. The van der Waals surface area contributed by atoms with Crippen LogP contribution in [0.3, 0.4) is 0 Å². The zero-order chi connectivity index (χ0) is 11.8. The molecule has 0 spiro atoms. The number of aromatic hydroxyl groups is 1. The van der Waals surface area contributed by atoms with Gasteiger partial charge in [-0.1, -0.05) is 18.2 Å². The van der Waals surface area contributed by atoms with E-state index in [1.54, 1.807) is 18.2 Å². The van der Waals surface area contributed by atoms with E-state index in [1.807, 2.05) is 0 Å². The van der Waals surface area contributed by atoms with E-state index in [9.17, 15) is 17.9 Å². The first-order valence-corrected chi connectivity index (χ1v) is 6.89. The van der Waals surface area contributed by atoms with Crippen LogP contribution in [0.15, 0.2) is 24.3 Å². The van der Waals surface area contributed by atoms with Crippen LogP contribution in [0.2, 0.25) is 0 Å². The van der Waals surface area contributed by atoms with Crippen molar-refractivity contribution in [2.24, 2.45) is 0 Å². The lowest BCUT2D eigenvalue weighted by atomic mass is 9.95. The molecule has 1 atom stereocenters. The van der Waals surface area contributed by atoms with Gasteiger partial charge >= 0.3 is 0 Å². The van der Waals surface area contributed by atoms with Gasteiger partial charge in [-0.05, 0) is 18.1 Å². The minimum absolute atomic E-state index is 0.0174. The van der Waals surface area contributed by atoms with Gasteiger partial charge in [0.15, 0.2) is 9.84 Å². The maximum atomic E-state index is 14.2. The second kappa shape index (κ2) is 3.73. The van der Waals surface area contributed by atoms with Crippen LogP contribution in [-0.2, 0) is 16.3 Å². The minimum Gasteiger partial charge on any atom is -0.508 e. The second-order valence-corrected chi connectivity index (χ2v) is 6.48. The molecular formula is C11H13FO3S. The molecule has 0 aromatic heterocycles. The maximum Gasteiger partial charge on any atom is 0.153 e. The van der Waals surface area contributed by atoms with Crippen LogP contribution in [0.1, 0.15) is 12.0 Å². The van der Waals surface area contributed by atoms with Gasteiger partial charge in [-0.2, -0.15) is 0 Å². The third-order valence-electron chi connectivity index (χ3n) is 2.84. The summed E-state index contributed by atoms with van der Waals surface area (Å²) in [7, 11) is -3.24. The van der Waals surface area contributed by atoms with Crippen molar-refractivity contribution in [2.45, 2.75) is 18.5 Å². The molecule has 5 heteroatoms. The highest BCUT2D eigenvalue weighted by molar-refractivity contribution is 7.91. The Bertz CT molecular complexity index is 498. The van der Waals surface area contributed by atoms with Crippen molar-refractivity contribution < 1.29 is 17.9 Å². The van der Waals surface area contributed by atoms with Crippen molar-refractivity contribution in [2.75, 3.05) is 11.5 Å². The van der Waals surface area contributed by atoms with Gasteiger partial charge < -0.3 is 5.11 Å². The van der Waals surface area contributed by atoms with Gasteiger partial charge in [0.05, 0.1) is 11.5 Å². The van der Waals surface area contributed by atoms with Crippen LogP contribution >= 0.6 is 0 Å². The van der Waals surface area contributed by atoms with Gasteiger partial charge in [-0.15, -0.1) is 0 Å². The summed E-state index contributed by atoms with van der Waals surface area (Å²) < 4.78 is 36.6. The van der Waals surface area contributed by atoms with Gasteiger partial charge in [0.2, 0.25) is 0 Å². The molecular weight excluding hydrogens is 231 g/mol. The first-order chi connectivity index (χ1) is 7.40. The van der Waals surface area contributed by atoms with Crippen molar-refractivity contribution in [1.82, 2.24) is 0 Å². The number of benzene rings is 1. The third-order valence-corrected chi connectivity index (χ3v) is 4.62. The van der Waals surface area contributed by atoms with Crippen LogP contribution in [0.5, 0.6) is 5.75 Å². The molecule has 1 heterocycles. The molecule has 1 aliphatic rings. The molecule has 0 bridgehead atoms. The molecule has 0 aliphatic carbocycles. The highest BCUT2D eigenvalue weighted by Gasteiger charge is 2.42. The summed E-state index contributed by atoms with van der Waals surface area (Å²) in [5.41, 5.74) is -1.26. The second-order valence-electron chi connectivity index (χ2n) is 4.30. The van der Waals surface area contributed by atoms with Crippen LogP contribution in [0.4, 0.5) is 4.39 Å². The summed E-state index contributed by atoms with van der Waals surface area (Å²) in [6.45, 7) is 0. The van der Waals surface area contributed by atoms with E-state index in [0.29, 0.717) is 5.56 Å². The summed E-state index contributed by atoms with van der Waals surface area (Å²) in [5, 5.41) is 9.50. The lowest BCUT2D eigenvalue weighted by Gasteiger charge is -2.17. The Hall–Kier alpha value is -1.10. The SMILES string of the molecule is O=S1(=O)CCC(F)(Cc2ccccc2O)C1. The molecule has 1 unspecified atom stereocenters. The number of rotatable bonds is 2. The van der Waals surface area contributed by atoms with Crippen molar-refractivity contribution in [3.8, 4) is 5.75 Å². The number of para-hydroxylation sites is 1. The van der Waals surface area contributed by atoms with Crippen molar-refractivity contribution in [3.63, 3.8) is 0 Å². The van der Waals surface area contributed by atoms with Crippen LogP contribution in [0, 0.1) is 0 Å². The summed E-state index contributed by atoms with van der Waals surface area (Å²) >= 11 is 0. The molecule has 1 aliphatic heterocycles. The van der Waals surface area contributed by atoms with E-state index < -0.39 is 21.3 Å². The molecule has 2 rings (SSSR count). The molecule has 0 saturated carbocycles. The van der Waals surface area contributed by atoms with Crippen LogP contribution in [-0.4, -0.2) is 30.7 Å². The Morgan fingerprint density at radius 1 is 1.38 bits per heavy atom. The number of halogens is 1. The monoisotopic (exact) mass is 244 g/mol. The van der Waals surface area contributed by atoms with E-state index in [2.05, 4.69) is 0 Å². The van der Waals surface area contributed by atoms with Crippen molar-refractivity contribution in [3.05, 3.63) is 29.8 Å². The van der Waals surface area contributed by atoms with Gasteiger partial charge in [0, 0.05) is 6.42 Å². The maximum absolute atomic E-state index is 14.2. The average Bonchev–Trinajstić information content (AvgIpc) is 2.45. The number of hydrogen-bond acceptors (Lipinski definition) is 3. The summed E-state index contributed by atoms with van der Waals surface area (Å²) in [6, 6.07) is 6.43. The minimum atomic E-state index is -3.24. The van der Waals surface area contributed by atoms with E-state index in [0.717, 1.165) is 0 Å². The molecule has 3 nitrogen and oxygen atoms in total. The summed E-state index contributed by atoms with van der Waals surface area (Å²) in [5.74, 6) is -0.519. The summed E-state index contributed by atoms with van der Waals surface area (Å²) in [6.07, 6.45) is -0.0252. The third kappa shape index (κ3) is 2.35. The van der Waals surface area contributed by atoms with Gasteiger partial charge in [-0.3, -0.25) is 0 Å². The zero-order valence-corrected chi connectivity index (χ0v) is 9.50. The molecule has 0 amide bonds. The standard InChI is InChI=1S/C11H13FO3S/c12-11(5-6-16(14,15)8-11)7-9-3-1-2-4-10(9)13/h1-4,13H,5-8H2. The first-order valence-electron chi connectivity index (χ1n) is 5.06. The molecule has 16 heavy (non-hydrogen) atoms. The molecule has 1 aromatic rings. The van der Waals surface area contributed by atoms with Crippen LogP contribution < -0.4 is 0 Å². The molecule has 1 saturated heterocycles. The van der Waals surface area contributed by atoms with Gasteiger partial charge in [0.25, 0.3) is 0 Å². The number of hydrogen-bond donors (Lipinski definition) is 1. The fourth-order valence-electron chi connectivity index (χ4n) is 2.02. The average molecular weight is 244 g/mol. The highest BCUT2D eigenvalue weighted by atomic mass is 32.2. The number of phenolic OH excluding ortho intramolecular Hbond substituents is 1. The lowest BCUT2D eigenvalue weighted by Crippen LogP contribution is -2.27. The van der Waals surface area contributed by atoms with Crippen LogP contribution in [0.25, 0.3) is 0 Å². The highest BCUT2D eigenvalue weighted by Crippen LogP contribution is 2.33. The van der Waals surface area contributed by atoms with Gasteiger partial charge in [-0.25, -0.2) is 12.8 Å². The Labute approximate surface area is 93.8 Å². The van der Waals surface area contributed by atoms with E-state index >= 15 is 0 Å².